The van der Waals surface area contributed by atoms with Crippen LogP contribution in [0.2, 0.25) is 0 Å². The molecule has 110 valence electrons. The minimum absolute atomic E-state index is 0.275. The van der Waals surface area contributed by atoms with Gasteiger partial charge < -0.3 is 5.32 Å². The summed E-state index contributed by atoms with van der Waals surface area (Å²) in [5.74, 6) is 0. The molecule has 0 unspecified atom stereocenters. The predicted molar refractivity (Wildman–Crippen MR) is 77.7 cm³/mol. The normalized spacial score (nSPS) is 10.9. The Bertz CT molecular complexity index is 762. The molecule has 8 nitrogen and oxygen atoms in total. The molecule has 2 N–H and O–H groups in total. The van der Waals surface area contributed by atoms with Crippen LogP contribution in [0, 0.1) is 10.1 Å². The molecule has 1 aromatic carbocycles. The maximum Gasteiger partial charge on any atom is 0.291 e. The summed E-state index contributed by atoms with van der Waals surface area (Å²) in [4.78, 5) is 13.7. The Balaban J connectivity index is 2.47. The smallest absolute Gasteiger partial charge is 0.291 e. The molecular weight excluding hydrogens is 296 g/mol. The first-order valence-corrected chi connectivity index (χ1v) is 7.31. The van der Waals surface area contributed by atoms with Crippen molar-refractivity contribution in [3.63, 3.8) is 0 Å². The van der Waals surface area contributed by atoms with Crippen molar-refractivity contribution in [2.45, 2.75) is 4.90 Å². The fourth-order valence-electron chi connectivity index (χ4n) is 1.67. The predicted octanol–water partition coefficient (Wildman–Crippen LogP) is 1.83. The molecule has 1 aromatic heterocycles. The monoisotopic (exact) mass is 308 g/mol. The third kappa shape index (κ3) is 3.26. The van der Waals surface area contributed by atoms with Crippen LogP contribution in [0.3, 0.4) is 0 Å². The second kappa shape index (κ2) is 5.75. The quantitative estimate of drug-likeness (QED) is 0.643. The average molecular weight is 308 g/mol. The molecule has 0 atom stereocenters. The number of aromatic nitrogens is 1. The summed E-state index contributed by atoms with van der Waals surface area (Å²) in [7, 11) is -2.48. The summed E-state index contributed by atoms with van der Waals surface area (Å²) in [6.07, 6.45) is 2.83. The second-order valence-electron chi connectivity index (χ2n) is 4.03. The van der Waals surface area contributed by atoms with E-state index in [-0.39, 0.29) is 5.69 Å². The van der Waals surface area contributed by atoms with Crippen molar-refractivity contribution in [1.29, 1.82) is 0 Å². The van der Waals surface area contributed by atoms with Crippen molar-refractivity contribution in [3.8, 4) is 0 Å². The van der Waals surface area contributed by atoms with Crippen molar-refractivity contribution in [1.82, 2.24) is 4.98 Å². The molecule has 0 saturated carbocycles. The highest BCUT2D eigenvalue weighted by Gasteiger charge is 2.26. The molecule has 2 rings (SSSR count). The van der Waals surface area contributed by atoms with Crippen molar-refractivity contribution in [2.24, 2.45) is 0 Å². The first-order valence-electron chi connectivity index (χ1n) is 5.83. The Morgan fingerprint density at radius 3 is 2.38 bits per heavy atom. The lowest BCUT2D eigenvalue weighted by Gasteiger charge is -2.09. The summed E-state index contributed by atoms with van der Waals surface area (Å²) in [6, 6.07) is 6.71. The lowest BCUT2D eigenvalue weighted by atomic mass is 10.3. The number of hydrogen-bond donors (Lipinski definition) is 2. The van der Waals surface area contributed by atoms with Gasteiger partial charge in [-0.25, -0.2) is 8.42 Å². The van der Waals surface area contributed by atoms with Crippen LogP contribution < -0.4 is 10.0 Å². The topological polar surface area (TPSA) is 114 Å². The van der Waals surface area contributed by atoms with Crippen molar-refractivity contribution < 1.29 is 13.3 Å². The fraction of sp³-hybridized carbons (Fsp3) is 0.0833. The number of nitrogens with zero attached hydrogens (tertiary/aromatic N) is 2. The summed E-state index contributed by atoms with van der Waals surface area (Å²) >= 11 is 0. The first kappa shape index (κ1) is 14.7. The number of pyridine rings is 1. The van der Waals surface area contributed by atoms with Gasteiger partial charge in [-0.05, 0) is 24.3 Å². The number of sulfonamides is 1. The van der Waals surface area contributed by atoms with Crippen LogP contribution in [-0.4, -0.2) is 25.4 Å². The van der Waals surface area contributed by atoms with Gasteiger partial charge in [0.1, 0.15) is 0 Å². The molecule has 0 bridgehead atoms. The van der Waals surface area contributed by atoms with Gasteiger partial charge in [0.2, 0.25) is 0 Å². The zero-order valence-electron chi connectivity index (χ0n) is 11.0. The minimum atomic E-state index is -4.06. The van der Waals surface area contributed by atoms with Gasteiger partial charge in [-0.15, -0.1) is 0 Å². The standard InChI is InChI=1S/C12H12N4O4S/c1-13-10-2-3-12(11(8-10)16(17)18)21(19,20)15-9-4-6-14-7-5-9/h2-8,13H,1H3,(H,14,15). The minimum Gasteiger partial charge on any atom is -0.388 e. The third-order valence-corrected chi connectivity index (χ3v) is 4.10. The van der Waals surface area contributed by atoms with Gasteiger partial charge in [-0.2, -0.15) is 0 Å². The van der Waals surface area contributed by atoms with Gasteiger partial charge >= 0.3 is 0 Å². The molecule has 0 aliphatic carbocycles. The highest BCUT2D eigenvalue weighted by molar-refractivity contribution is 7.92. The summed E-state index contributed by atoms with van der Waals surface area (Å²) in [6.45, 7) is 0. The van der Waals surface area contributed by atoms with Crippen LogP contribution in [-0.2, 0) is 10.0 Å². The summed E-state index contributed by atoms with van der Waals surface area (Å²) in [5.41, 5.74) is 0.227. The molecule has 0 aliphatic rings. The molecule has 21 heavy (non-hydrogen) atoms. The van der Waals surface area contributed by atoms with Gasteiger partial charge in [-0.3, -0.25) is 19.8 Å². The molecule has 2 aromatic rings. The highest BCUT2D eigenvalue weighted by Crippen LogP contribution is 2.28. The van der Waals surface area contributed by atoms with Crippen molar-refractivity contribution >= 4 is 27.1 Å². The largest absolute Gasteiger partial charge is 0.388 e. The van der Waals surface area contributed by atoms with Crippen LogP contribution in [0.4, 0.5) is 17.1 Å². The van der Waals surface area contributed by atoms with Gasteiger partial charge in [0.25, 0.3) is 15.7 Å². The van der Waals surface area contributed by atoms with Crippen molar-refractivity contribution in [3.05, 3.63) is 52.8 Å². The SMILES string of the molecule is CNc1ccc(S(=O)(=O)Nc2ccncc2)c([N+](=O)[O-])c1. The number of rotatable bonds is 5. The van der Waals surface area contributed by atoms with Gasteiger partial charge in [0.15, 0.2) is 4.90 Å². The Hall–Kier alpha value is -2.68. The van der Waals surface area contributed by atoms with Crippen LogP contribution in [0.5, 0.6) is 0 Å². The Morgan fingerprint density at radius 1 is 1.14 bits per heavy atom. The Labute approximate surface area is 121 Å². The first-order chi connectivity index (χ1) is 9.94. The molecule has 0 amide bonds. The molecule has 9 heteroatoms. The second-order valence-corrected chi connectivity index (χ2v) is 5.68. The van der Waals surface area contributed by atoms with Crippen molar-refractivity contribution in [2.75, 3.05) is 17.1 Å². The molecule has 0 radical (unpaired) electrons. The fourth-order valence-corrected chi connectivity index (χ4v) is 2.89. The Morgan fingerprint density at radius 2 is 1.81 bits per heavy atom. The average Bonchev–Trinajstić information content (AvgIpc) is 2.47. The van der Waals surface area contributed by atoms with E-state index in [4.69, 9.17) is 0 Å². The molecule has 0 spiro atoms. The van der Waals surface area contributed by atoms with E-state index in [0.29, 0.717) is 5.69 Å². The Kier molecular flexibility index (Phi) is 4.03. The molecular formula is C12H12N4O4S. The van der Waals surface area contributed by atoms with E-state index in [9.17, 15) is 18.5 Å². The van der Waals surface area contributed by atoms with Crippen LogP contribution in [0.25, 0.3) is 0 Å². The maximum atomic E-state index is 12.3. The van der Waals surface area contributed by atoms with Crippen LogP contribution in [0.15, 0.2) is 47.6 Å². The lowest BCUT2D eigenvalue weighted by molar-refractivity contribution is -0.387. The van der Waals surface area contributed by atoms with Gasteiger partial charge in [0.05, 0.1) is 10.6 Å². The maximum absolute atomic E-state index is 12.3. The zero-order valence-corrected chi connectivity index (χ0v) is 11.8. The number of anilines is 2. The number of nitrogens with one attached hydrogen (secondary N) is 2. The molecule has 1 heterocycles. The van der Waals surface area contributed by atoms with E-state index in [1.807, 2.05) is 0 Å². The summed E-state index contributed by atoms with van der Waals surface area (Å²) in [5, 5.41) is 13.8. The van der Waals surface area contributed by atoms with E-state index < -0.39 is 25.5 Å². The molecule has 0 fully saturated rings. The molecule has 0 saturated heterocycles. The molecule has 0 aliphatic heterocycles. The third-order valence-electron chi connectivity index (χ3n) is 2.67. The van der Waals surface area contributed by atoms with E-state index in [1.54, 1.807) is 7.05 Å². The highest BCUT2D eigenvalue weighted by atomic mass is 32.2. The van der Waals surface area contributed by atoms with Gasteiger partial charge in [-0.1, -0.05) is 0 Å². The van der Waals surface area contributed by atoms with Crippen LogP contribution in [0.1, 0.15) is 0 Å². The number of nitro groups is 1. The number of hydrogen-bond acceptors (Lipinski definition) is 6. The summed E-state index contributed by atoms with van der Waals surface area (Å²) < 4.78 is 26.8. The zero-order chi connectivity index (χ0) is 15.5. The lowest BCUT2D eigenvalue weighted by Crippen LogP contribution is -2.15. The number of nitro benzene ring substituents is 1. The van der Waals surface area contributed by atoms with E-state index in [0.717, 1.165) is 0 Å². The van der Waals surface area contributed by atoms with E-state index in [2.05, 4.69) is 15.0 Å². The van der Waals surface area contributed by atoms with E-state index in [1.165, 1.54) is 42.7 Å². The van der Waals surface area contributed by atoms with Gasteiger partial charge in [0, 0.05) is 31.2 Å². The van der Waals surface area contributed by atoms with E-state index >= 15 is 0 Å². The number of benzene rings is 1. The van der Waals surface area contributed by atoms with Crippen LogP contribution >= 0.6 is 0 Å².